The SMILES string of the molecule is CC(NC(=O)[C@@H](N)C(C)C)C(=O)N1CCCC(C(=O)OCC(Cl)(Cl)Cl)N1. The molecule has 0 bridgehead atoms. The molecule has 3 atom stereocenters. The number of nitrogens with one attached hydrogen (secondary N) is 2. The van der Waals surface area contributed by atoms with Crippen LogP contribution in [0.2, 0.25) is 0 Å². The number of esters is 1. The van der Waals surface area contributed by atoms with Gasteiger partial charge in [-0.1, -0.05) is 48.7 Å². The van der Waals surface area contributed by atoms with Gasteiger partial charge in [0.25, 0.3) is 5.91 Å². The van der Waals surface area contributed by atoms with Gasteiger partial charge in [0.15, 0.2) is 0 Å². The summed E-state index contributed by atoms with van der Waals surface area (Å²) in [6.45, 7) is 5.19. The Balaban J connectivity index is 2.58. The van der Waals surface area contributed by atoms with Gasteiger partial charge >= 0.3 is 5.97 Å². The van der Waals surface area contributed by atoms with Crippen LogP contribution < -0.4 is 16.5 Å². The summed E-state index contributed by atoms with van der Waals surface area (Å²) in [5.74, 6) is -1.46. The fourth-order valence-electron chi connectivity index (χ4n) is 2.28. The van der Waals surface area contributed by atoms with Gasteiger partial charge in [0.2, 0.25) is 9.70 Å². The third kappa shape index (κ3) is 7.44. The highest BCUT2D eigenvalue weighted by Crippen LogP contribution is 2.26. The Bertz CT molecular complexity index is 528. The first kappa shape index (κ1) is 23.2. The monoisotopic (exact) mass is 430 g/mol. The van der Waals surface area contributed by atoms with Crippen LogP contribution in [0.15, 0.2) is 0 Å². The van der Waals surface area contributed by atoms with Gasteiger partial charge in [-0.25, -0.2) is 5.43 Å². The molecule has 4 N–H and O–H groups in total. The van der Waals surface area contributed by atoms with Gasteiger partial charge < -0.3 is 15.8 Å². The van der Waals surface area contributed by atoms with Crippen LogP contribution in [0.1, 0.15) is 33.6 Å². The molecule has 1 rings (SSSR count). The first-order chi connectivity index (χ1) is 11.9. The van der Waals surface area contributed by atoms with Crippen LogP contribution in [-0.4, -0.2) is 57.9 Å². The van der Waals surface area contributed by atoms with E-state index in [0.717, 1.165) is 0 Å². The van der Waals surface area contributed by atoms with Crippen LogP contribution in [0, 0.1) is 5.92 Å². The molecule has 150 valence electrons. The van der Waals surface area contributed by atoms with E-state index in [9.17, 15) is 14.4 Å². The van der Waals surface area contributed by atoms with Crippen molar-refractivity contribution in [2.45, 2.75) is 55.5 Å². The summed E-state index contributed by atoms with van der Waals surface area (Å²) in [4.78, 5) is 36.5. The summed E-state index contributed by atoms with van der Waals surface area (Å²) in [6, 6.07) is -2.24. The molecule has 1 heterocycles. The lowest BCUT2D eigenvalue weighted by atomic mass is 10.0. The summed E-state index contributed by atoms with van der Waals surface area (Å²) in [6.07, 6.45) is 1.06. The molecule has 1 aliphatic heterocycles. The number of carbonyl (C=O) groups excluding carboxylic acids is 3. The molecule has 1 saturated heterocycles. The smallest absolute Gasteiger partial charge is 0.325 e. The molecule has 0 aromatic rings. The number of nitrogens with zero attached hydrogens (tertiary/aromatic N) is 1. The molecule has 0 aliphatic carbocycles. The summed E-state index contributed by atoms with van der Waals surface area (Å²) in [7, 11) is 0. The normalized spacial score (nSPS) is 20.5. The number of halogens is 3. The van der Waals surface area contributed by atoms with Crippen molar-refractivity contribution in [1.29, 1.82) is 0 Å². The van der Waals surface area contributed by atoms with Crippen molar-refractivity contribution in [2.24, 2.45) is 11.7 Å². The quantitative estimate of drug-likeness (QED) is 0.425. The van der Waals surface area contributed by atoms with Crippen LogP contribution in [0.25, 0.3) is 0 Å². The number of hydrazine groups is 1. The van der Waals surface area contributed by atoms with Crippen LogP contribution in [0.3, 0.4) is 0 Å². The Morgan fingerprint density at radius 2 is 1.92 bits per heavy atom. The van der Waals surface area contributed by atoms with Crippen molar-refractivity contribution in [3.8, 4) is 0 Å². The highest BCUT2D eigenvalue weighted by atomic mass is 35.6. The summed E-state index contributed by atoms with van der Waals surface area (Å²) < 4.78 is 3.23. The van der Waals surface area contributed by atoms with Crippen molar-refractivity contribution in [2.75, 3.05) is 13.2 Å². The minimum atomic E-state index is -1.70. The molecule has 0 spiro atoms. The lowest BCUT2D eigenvalue weighted by Gasteiger charge is -2.34. The number of hydrogen-bond acceptors (Lipinski definition) is 6. The number of rotatable bonds is 6. The lowest BCUT2D eigenvalue weighted by molar-refractivity contribution is -0.152. The van der Waals surface area contributed by atoms with E-state index in [2.05, 4.69) is 10.7 Å². The van der Waals surface area contributed by atoms with Crippen LogP contribution in [-0.2, 0) is 19.1 Å². The second-order valence-corrected chi connectivity index (χ2v) is 9.05. The van der Waals surface area contributed by atoms with Crippen molar-refractivity contribution < 1.29 is 19.1 Å². The van der Waals surface area contributed by atoms with E-state index in [0.29, 0.717) is 19.4 Å². The van der Waals surface area contributed by atoms with Crippen LogP contribution >= 0.6 is 34.8 Å². The van der Waals surface area contributed by atoms with E-state index < -0.39 is 33.8 Å². The van der Waals surface area contributed by atoms with Gasteiger partial charge in [-0.2, -0.15) is 0 Å². The molecular formula is C15H25Cl3N4O4. The molecule has 0 saturated carbocycles. The zero-order chi connectivity index (χ0) is 20.1. The molecule has 1 aliphatic rings. The second kappa shape index (κ2) is 9.94. The highest BCUT2D eigenvalue weighted by molar-refractivity contribution is 6.67. The molecule has 26 heavy (non-hydrogen) atoms. The Kier molecular flexibility index (Phi) is 8.88. The number of carbonyl (C=O) groups is 3. The predicted octanol–water partition coefficient (Wildman–Crippen LogP) is 0.883. The van der Waals surface area contributed by atoms with Crippen molar-refractivity contribution in [1.82, 2.24) is 15.8 Å². The average molecular weight is 432 g/mol. The van der Waals surface area contributed by atoms with Crippen LogP contribution in [0.5, 0.6) is 0 Å². The summed E-state index contributed by atoms with van der Waals surface area (Å²) in [5.41, 5.74) is 8.56. The molecule has 2 amide bonds. The second-order valence-electron chi connectivity index (χ2n) is 6.54. The Hall–Kier alpha value is -0.800. The largest absolute Gasteiger partial charge is 0.460 e. The number of amides is 2. The van der Waals surface area contributed by atoms with E-state index >= 15 is 0 Å². The highest BCUT2D eigenvalue weighted by Gasteiger charge is 2.33. The molecule has 0 aromatic heterocycles. The van der Waals surface area contributed by atoms with Crippen molar-refractivity contribution in [3.63, 3.8) is 0 Å². The number of nitrogens with two attached hydrogens (primary N) is 1. The van der Waals surface area contributed by atoms with E-state index in [-0.39, 0.29) is 18.4 Å². The molecule has 0 radical (unpaired) electrons. The fourth-order valence-corrected chi connectivity index (χ4v) is 2.44. The molecule has 0 aromatic carbocycles. The minimum absolute atomic E-state index is 0.0533. The Morgan fingerprint density at radius 1 is 1.31 bits per heavy atom. The van der Waals surface area contributed by atoms with Gasteiger partial charge in [-0.05, 0) is 25.7 Å². The standard InChI is InChI=1S/C15H25Cl3N4O4/c1-8(2)11(19)12(23)20-9(3)13(24)22-6-4-5-10(21-22)14(25)26-7-15(16,17)18/h8-11,21H,4-7,19H2,1-3H3,(H,20,23)/t9?,10?,11-/m0/s1. The van der Waals surface area contributed by atoms with E-state index in [1.807, 2.05) is 13.8 Å². The lowest BCUT2D eigenvalue weighted by Crippen LogP contribution is -2.60. The zero-order valence-corrected chi connectivity index (χ0v) is 17.2. The third-order valence-corrected chi connectivity index (χ3v) is 4.19. The summed E-state index contributed by atoms with van der Waals surface area (Å²) >= 11 is 16.7. The third-order valence-electron chi connectivity index (χ3n) is 3.87. The van der Waals surface area contributed by atoms with Gasteiger partial charge in [0.05, 0.1) is 6.04 Å². The van der Waals surface area contributed by atoms with Crippen molar-refractivity contribution >= 4 is 52.6 Å². The Labute approximate surface area is 168 Å². The molecule has 11 heteroatoms. The first-order valence-electron chi connectivity index (χ1n) is 8.29. The number of alkyl halides is 3. The maximum atomic E-state index is 12.5. The van der Waals surface area contributed by atoms with Gasteiger partial charge in [-0.15, -0.1) is 0 Å². The Morgan fingerprint density at radius 3 is 2.46 bits per heavy atom. The zero-order valence-electron chi connectivity index (χ0n) is 14.9. The maximum absolute atomic E-state index is 12.5. The molecule has 2 unspecified atom stereocenters. The maximum Gasteiger partial charge on any atom is 0.325 e. The molecule has 1 fully saturated rings. The summed E-state index contributed by atoms with van der Waals surface area (Å²) in [5, 5.41) is 3.87. The van der Waals surface area contributed by atoms with E-state index in [1.54, 1.807) is 6.92 Å². The van der Waals surface area contributed by atoms with Crippen molar-refractivity contribution in [3.05, 3.63) is 0 Å². The minimum Gasteiger partial charge on any atom is -0.460 e. The van der Waals surface area contributed by atoms with Gasteiger partial charge in [-0.3, -0.25) is 19.4 Å². The van der Waals surface area contributed by atoms with Gasteiger partial charge in [0.1, 0.15) is 18.7 Å². The molecular weight excluding hydrogens is 407 g/mol. The topological polar surface area (TPSA) is 114 Å². The molecule has 8 nitrogen and oxygen atoms in total. The van der Waals surface area contributed by atoms with Crippen LogP contribution in [0.4, 0.5) is 0 Å². The first-order valence-corrected chi connectivity index (χ1v) is 9.42. The van der Waals surface area contributed by atoms with E-state index in [4.69, 9.17) is 45.3 Å². The predicted molar refractivity (Wildman–Crippen MR) is 99.5 cm³/mol. The fraction of sp³-hybridized carbons (Fsp3) is 0.800. The number of ether oxygens (including phenoxy) is 1. The number of hydrogen-bond donors (Lipinski definition) is 3. The van der Waals surface area contributed by atoms with Gasteiger partial charge in [0, 0.05) is 6.54 Å². The van der Waals surface area contributed by atoms with E-state index in [1.165, 1.54) is 5.01 Å². The average Bonchev–Trinajstić information content (AvgIpc) is 2.57.